The minimum absolute atomic E-state index is 0.217. The highest BCUT2D eigenvalue weighted by Gasteiger charge is 2.30. The SMILES string of the molecule is O=C(Cc1cccc(C(F)(F)F)c1)c1ccccc1NC(=O)c1cccc2c1CC=N2. The standard InChI is InChI=1S/C24H17F3N2O2/c25-24(26,27)16-6-3-5-15(13-16)14-22(30)19-7-1-2-9-21(19)29-23(31)18-8-4-10-20-17(18)11-12-28-20/h1-10,12-13H,11,14H2,(H,29,31). The number of nitrogens with one attached hydrogen (secondary N) is 1. The number of fused-ring (bicyclic) bond motifs is 1. The van der Waals surface area contributed by atoms with Crippen LogP contribution in [0.25, 0.3) is 0 Å². The van der Waals surface area contributed by atoms with Gasteiger partial charge in [-0.1, -0.05) is 36.4 Å². The van der Waals surface area contributed by atoms with E-state index in [4.69, 9.17) is 0 Å². The van der Waals surface area contributed by atoms with Crippen molar-refractivity contribution in [3.05, 3.63) is 94.5 Å². The molecule has 4 nitrogen and oxygen atoms in total. The molecule has 0 bridgehead atoms. The number of rotatable bonds is 5. The number of hydrogen-bond acceptors (Lipinski definition) is 3. The maximum absolute atomic E-state index is 13.0. The quantitative estimate of drug-likeness (QED) is 0.541. The molecule has 1 aliphatic rings. The Kier molecular flexibility index (Phi) is 5.42. The van der Waals surface area contributed by atoms with Gasteiger partial charge in [0, 0.05) is 30.2 Å². The first kappa shape index (κ1) is 20.5. The molecular weight excluding hydrogens is 405 g/mol. The Morgan fingerprint density at radius 3 is 2.48 bits per heavy atom. The van der Waals surface area contributed by atoms with Crippen LogP contribution in [-0.2, 0) is 19.0 Å². The summed E-state index contributed by atoms with van der Waals surface area (Å²) in [6, 6.07) is 16.4. The Morgan fingerprint density at radius 1 is 0.935 bits per heavy atom. The lowest BCUT2D eigenvalue weighted by Crippen LogP contribution is -2.17. The topological polar surface area (TPSA) is 58.5 Å². The predicted octanol–water partition coefficient (Wildman–Crippen LogP) is 5.64. The summed E-state index contributed by atoms with van der Waals surface area (Å²) in [4.78, 5) is 29.9. The second kappa shape index (κ2) is 8.18. The Hall–Kier alpha value is -3.74. The van der Waals surface area contributed by atoms with Crippen LogP contribution in [0.3, 0.4) is 0 Å². The molecule has 0 saturated carbocycles. The molecule has 0 unspecified atom stereocenters. The lowest BCUT2D eigenvalue weighted by molar-refractivity contribution is -0.137. The van der Waals surface area contributed by atoms with Crippen molar-refractivity contribution in [2.24, 2.45) is 4.99 Å². The van der Waals surface area contributed by atoms with E-state index in [2.05, 4.69) is 10.3 Å². The van der Waals surface area contributed by atoms with E-state index in [1.807, 2.05) is 6.07 Å². The number of carbonyl (C=O) groups is 2. The fraction of sp³-hybridized carbons (Fsp3) is 0.125. The predicted molar refractivity (Wildman–Crippen MR) is 112 cm³/mol. The average molecular weight is 422 g/mol. The number of hydrogen-bond donors (Lipinski definition) is 1. The van der Waals surface area contributed by atoms with Gasteiger partial charge < -0.3 is 5.32 Å². The summed E-state index contributed by atoms with van der Waals surface area (Å²) >= 11 is 0. The second-order valence-corrected chi connectivity index (χ2v) is 7.12. The molecule has 4 rings (SSSR count). The summed E-state index contributed by atoms with van der Waals surface area (Å²) in [6.45, 7) is 0. The van der Waals surface area contributed by atoms with E-state index in [1.54, 1.807) is 42.6 Å². The van der Waals surface area contributed by atoms with E-state index in [-0.39, 0.29) is 23.5 Å². The highest BCUT2D eigenvalue weighted by molar-refractivity contribution is 6.11. The van der Waals surface area contributed by atoms with Gasteiger partial charge in [-0.2, -0.15) is 13.2 Å². The molecule has 1 N–H and O–H groups in total. The monoisotopic (exact) mass is 422 g/mol. The molecule has 31 heavy (non-hydrogen) atoms. The van der Waals surface area contributed by atoms with Crippen molar-refractivity contribution in [3.8, 4) is 0 Å². The fourth-order valence-corrected chi connectivity index (χ4v) is 3.52. The lowest BCUT2D eigenvalue weighted by atomic mass is 9.99. The van der Waals surface area contributed by atoms with E-state index in [1.165, 1.54) is 12.1 Å². The van der Waals surface area contributed by atoms with Gasteiger partial charge in [-0.05, 0) is 41.5 Å². The molecule has 0 radical (unpaired) electrons. The van der Waals surface area contributed by atoms with E-state index in [9.17, 15) is 22.8 Å². The number of nitrogens with zero attached hydrogens (tertiary/aromatic N) is 1. The van der Waals surface area contributed by atoms with Crippen LogP contribution in [-0.4, -0.2) is 17.9 Å². The van der Waals surface area contributed by atoms with Gasteiger partial charge in [0.2, 0.25) is 0 Å². The van der Waals surface area contributed by atoms with E-state index >= 15 is 0 Å². The van der Waals surface area contributed by atoms with Crippen LogP contribution in [0.5, 0.6) is 0 Å². The Morgan fingerprint density at radius 2 is 1.68 bits per heavy atom. The molecule has 156 valence electrons. The number of ketones is 1. The number of halogens is 3. The van der Waals surface area contributed by atoms with Gasteiger partial charge in [-0.25, -0.2) is 0 Å². The first-order valence-electron chi connectivity index (χ1n) is 9.57. The zero-order valence-corrected chi connectivity index (χ0v) is 16.2. The van der Waals surface area contributed by atoms with Gasteiger partial charge >= 0.3 is 6.18 Å². The van der Waals surface area contributed by atoms with E-state index in [0.717, 1.165) is 23.4 Å². The minimum atomic E-state index is -4.48. The Labute approximate surface area is 176 Å². The van der Waals surface area contributed by atoms with E-state index in [0.29, 0.717) is 17.7 Å². The highest BCUT2D eigenvalue weighted by Crippen LogP contribution is 2.30. The van der Waals surface area contributed by atoms with Gasteiger partial charge in [0.15, 0.2) is 5.78 Å². The number of anilines is 1. The maximum Gasteiger partial charge on any atom is 0.416 e. The van der Waals surface area contributed by atoms with Crippen molar-refractivity contribution in [3.63, 3.8) is 0 Å². The lowest BCUT2D eigenvalue weighted by Gasteiger charge is -2.13. The minimum Gasteiger partial charge on any atom is -0.321 e. The molecule has 1 aliphatic heterocycles. The van der Waals surface area contributed by atoms with Crippen LogP contribution in [0.1, 0.15) is 37.4 Å². The average Bonchev–Trinajstić information content (AvgIpc) is 3.22. The Bertz CT molecular complexity index is 1200. The fourth-order valence-electron chi connectivity index (χ4n) is 3.52. The normalized spacial score (nSPS) is 12.5. The summed E-state index contributed by atoms with van der Waals surface area (Å²) in [5, 5.41) is 2.76. The van der Waals surface area contributed by atoms with Crippen LogP contribution in [0, 0.1) is 0 Å². The number of para-hydroxylation sites is 1. The summed E-state index contributed by atoms with van der Waals surface area (Å²) < 4.78 is 38.9. The van der Waals surface area contributed by atoms with Gasteiger partial charge in [0.05, 0.1) is 16.9 Å². The molecule has 1 heterocycles. The summed E-state index contributed by atoms with van der Waals surface area (Å²) in [7, 11) is 0. The van der Waals surface area contributed by atoms with Gasteiger partial charge in [-0.3, -0.25) is 14.6 Å². The van der Waals surface area contributed by atoms with Gasteiger partial charge in [-0.15, -0.1) is 0 Å². The van der Waals surface area contributed by atoms with Crippen molar-refractivity contribution in [2.45, 2.75) is 19.0 Å². The number of Topliss-reactive ketones (excluding diaryl/α,β-unsaturated/α-hetero) is 1. The molecule has 1 amide bonds. The molecule has 0 saturated heterocycles. The zero-order valence-electron chi connectivity index (χ0n) is 16.2. The Balaban J connectivity index is 1.56. The molecule has 3 aromatic rings. The number of benzene rings is 3. The van der Waals surface area contributed by atoms with Gasteiger partial charge in [0.25, 0.3) is 5.91 Å². The van der Waals surface area contributed by atoms with Crippen LogP contribution in [0.2, 0.25) is 0 Å². The second-order valence-electron chi connectivity index (χ2n) is 7.12. The molecule has 0 atom stereocenters. The van der Waals surface area contributed by atoms with Crippen molar-refractivity contribution in [1.82, 2.24) is 0 Å². The largest absolute Gasteiger partial charge is 0.416 e. The third-order valence-electron chi connectivity index (χ3n) is 5.02. The summed E-state index contributed by atoms with van der Waals surface area (Å²) in [5.74, 6) is -0.765. The maximum atomic E-state index is 13.0. The molecule has 0 fully saturated rings. The zero-order chi connectivity index (χ0) is 22.0. The summed E-state index contributed by atoms with van der Waals surface area (Å²) in [5.41, 5.74) is 2.00. The third kappa shape index (κ3) is 4.40. The van der Waals surface area contributed by atoms with Crippen LogP contribution >= 0.6 is 0 Å². The molecule has 3 aromatic carbocycles. The van der Waals surface area contributed by atoms with Crippen molar-refractivity contribution in [1.29, 1.82) is 0 Å². The first-order chi connectivity index (χ1) is 14.8. The smallest absolute Gasteiger partial charge is 0.321 e. The highest BCUT2D eigenvalue weighted by atomic mass is 19.4. The third-order valence-corrected chi connectivity index (χ3v) is 5.02. The number of aliphatic imine (C=N–C) groups is 1. The van der Waals surface area contributed by atoms with E-state index < -0.39 is 17.5 Å². The molecule has 0 aliphatic carbocycles. The number of carbonyl (C=O) groups excluding carboxylic acids is 2. The van der Waals surface area contributed by atoms with Crippen molar-refractivity contribution in [2.75, 3.05) is 5.32 Å². The van der Waals surface area contributed by atoms with Crippen LogP contribution in [0.15, 0.2) is 71.7 Å². The molecule has 0 spiro atoms. The van der Waals surface area contributed by atoms with Crippen molar-refractivity contribution < 1.29 is 22.8 Å². The number of alkyl halides is 3. The molecule has 7 heteroatoms. The first-order valence-corrected chi connectivity index (χ1v) is 9.57. The van der Waals surface area contributed by atoms with Crippen LogP contribution < -0.4 is 5.32 Å². The van der Waals surface area contributed by atoms with Crippen molar-refractivity contribution >= 4 is 29.3 Å². The number of amides is 1. The molecule has 0 aromatic heterocycles. The van der Waals surface area contributed by atoms with Crippen LogP contribution in [0.4, 0.5) is 24.5 Å². The molecular formula is C24H17F3N2O2. The summed E-state index contributed by atoms with van der Waals surface area (Å²) in [6.07, 6.45) is -2.42. The van der Waals surface area contributed by atoms with Gasteiger partial charge in [0.1, 0.15) is 0 Å².